The zero-order chi connectivity index (χ0) is 24.9. The van der Waals surface area contributed by atoms with Gasteiger partial charge in [0.1, 0.15) is 6.04 Å². The predicted molar refractivity (Wildman–Crippen MR) is 126 cm³/mol. The van der Waals surface area contributed by atoms with Crippen LogP contribution in [0.3, 0.4) is 0 Å². The summed E-state index contributed by atoms with van der Waals surface area (Å²) < 4.78 is 0. The molecule has 0 radical (unpaired) electrons. The topological polar surface area (TPSA) is 130 Å². The summed E-state index contributed by atoms with van der Waals surface area (Å²) in [5, 5.41) is 5.82. The number of fused-ring (bicyclic) bond motifs is 2. The molecule has 2 aliphatic heterocycles. The molecule has 0 spiro atoms. The minimum atomic E-state index is -0.956. The molecule has 3 aliphatic rings. The minimum Gasteiger partial charge on any atom is -0.330 e. The third kappa shape index (κ3) is 4.01. The number of hydrogen-bond donors (Lipinski definition) is 2. The number of hydrazine groups is 1. The number of benzene rings is 2. The monoisotopic (exact) mass is 474 g/mol. The molecule has 0 saturated carbocycles. The van der Waals surface area contributed by atoms with Crippen molar-refractivity contribution in [1.29, 1.82) is 0 Å². The number of amides is 2. The summed E-state index contributed by atoms with van der Waals surface area (Å²) >= 11 is 0. The highest BCUT2D eigenvalue weighted by atomic mass is 16.2. The van der Waals surface area contributed by atoms with Crippen molar-refractivity contribution < 1.29 is 24.0 Å². The third-order valence-electron chi connectivity index (χ3n) is 6.74. The molecule has 2 atom stereocenters. The second-order valence-corrected chi connectivity index (χ2v) is 9.33. The van der Waals surface area contributed by atoms with Crippen LogP contribution in [-0.2, 0) is 0 Å². The van der Waals surface area contributed by atoms with Crippen LogP contribution in [-0.4, -0.2) is 71.4 Å². The first-order chi connectivity index (χ1) is 16.8. The number of hydrogen-bond acceptors (Lipinski definition) is 8. The zero-order valence-electron chi connectivity index (χ0n) is 19.4. The maximum atomic E-state index is 13.2. The van der Waals surface area contributed by atoms with Crippen molar-refractivity contribution >= 4 is 29.2 Å². The second kappa shape index (κ2) is 8.92. The van der Waals surface area contributed by atoms with Crippen molar-refractivity contribution in [3.05, 3.63) is 69.8 Å². The van der Waals surface area contributed by atoms with E-state index in [1.807, 2.05) is 6.92 Å². The van der Waals surface area contributed by atoms with Gasteiger partial charge < -0.3 is 11.1 Å². The first kappa shape index (κ1) is 23.2. The SMILES string of the molecule is CC(CCCN)CNC1C(=O)c2ccc(C(=O)c3ccc4c(c3)C(=O)N(N3CC3)C4=O)cc2C1=O. The van der Waals surface area contributed by atoms with Gasteiger partial charge in [0, 0.05) is 35.3 Å². The molecule has 3 N–H and O–H groups in total. The number of rotatable bonds is 9. The number of nitrogens with one attached hydrogen (secondary N) is 1. The van der Waals surface area contributed by atoms with Gasteiger partial charge in [0.15, 0.2) is 17.3 Å². The maximum Gasteiger partial charge on any atom is 0.276 e. The summed E-state index contributed by atoms with van der Waals surface area (Å²) in [6.45, 7) is 4.42. The molecule has 1 saturated heterocycles. The Bertz CT molecular complexity index is 1280. The van der Waals surface area contributed by atoms with E-state index in [1.165, 1.54) is 36.4 Å². The highest BCUT2D eigenvalue weighted by Crippen LogP contribution is 2.30. The van der Waals surface area contributed by atoms with Crippen molar-refractivity contribution in [2.24, 2.45) is 11.7 Å². The quantitative estimate of drug-likeness (QED) is 0.242. The molecule has 0 bridgehead atoms. The average molecular weight is 475 g/mol. The fourth-order valence-corrected chi connectivity index (χ4v) is 4.64. The third-order valence-corrected chi connectivity index (χ3v) is 6.74. The van der Waals surface area contributed by atoms with E-state index in [-0.39, 0.29) is 51.2 Å². The lowest BCUT2D eigenvalue weighted by Gasteiger charge is -2.15. The molecule has 1 fully saturated rings. The first-order valence-electron chi connectivity index (χ1n) is 11.8. The fourth-order valence-electron chi connectivity index (χ4n) is 4.64. The summed E-state index contributed by atoms with van der Waals surface area (Å²) in [7, 11) is 0. The van der Waals surface area contributed by atoms with Crippen LogP contribution in [0.25, 0.3) is 0 Å². The van der Waals surface area contributed by atoms with E-state index in [9.17, 15) is 24.0 Å². The summed E-state index contributed by atoms with van der Waals surface area (Å²) in [4.78, 5) is 64.2. The number of imide groups is 1. The molecule has 35 heavy (non-hydrogen) atoms. The van der Waals surface area contributed by atoms with Gasteiger partial charge in [0.05, 0.1) is 11.1 Å². The van der Waals surface area contributed by atoms with E-state index in [2.05, 4.69) is 5.32 Å². The van der Waals surface area contributed by atoms with Gasteiger partial charge in [0.25, 0.3) is 11.8 Å². The van der Waals surface area contributed by atoms with Gasteiger partial charge in [-0.05, 0) is 56.1 Å². The Hall–Kier alpha value is -3.53. The molecule has 5 rings (SSSR count). The Kier molecular flexibility index (Phi) is 5.92. The Labute approximate surface area is 202 Å². The number of ketones is 3. The average Bonchev–Trinajstić information content (AvgIpc) is 3.63. The standard InChI is InChI=1S/C26H26N4O5/c1-14(3-2-8-27)13-28-21-23(32)17-6-4-15(11-19(17)24(21)33)22(31)16-5-7-18-20(12-16)26(35)30(25(18)34)29-9-10-29/h4-7,11-12,14,21,28H,2-3,8-10,13,27H2,1H3. The predicted octanol–water partition coefficient (Wildman–Crippen LogP) is 1.46. The van der Waals surface area contributed by atoms with Crippen LogP contribution < -0.4 is 11.1 Å². The van der Waals surface area contributed by atoms with Crippen LogP contribution in [0.1, 0.15) is 77.1 Å². The van der Waals surface area contributed by atoms with E-state index >= 15 is 0 Å². The lowest BCUT2D eigenvalue weighted by molar-refractivity contribution is 0.0401. The van der Waals surface area contributed by atoms with Crippen LogP contribution in [0.4, 0.5) is 0 Å². The molecule has 0 aromatic heterocycles. The van der Waals surface area contributed by atoms with Gasteiger partial charge in [-0.2, -0.15) is 0 Å². The van der Waals surface area contributed by atoms with Crippen molar-refractivity contribution in [3.63, 3.8) is 0 Å². The van der Waals surface area contributed by atoms with Crippen molar-refractivity contribution in [2.45, 2.75) is 25.8 Å². The summed E-state index contributed by atoms with van der Waals surface area (Å²) in [6, 6.07) is 7.93. The second-order valence-electron chi connectivity index (χ2n) is 9.33. The molecule has 2 unspecified atom stereocenters. The molecular formula is C26H26N4O5. The normalized spacial score (nSPS) is 19.8. The van der Waals surface area contributed by atoms with Gasteiger partial charge in [-0.3, -0.25) is 24.0 Å². The van der Waals surface area contributed by atoms with E-state index < -0.39 is 17.7 Å². The molecule has 1 aliphatic carbocycles. The molecular weight excluding hydrogens is 448 g/mol. The number of nitrogens with two attached hydrogens (primary N) is 1. The van der Waals surface area contributed by atoms with Crippen LogP contribution in [0.5, 0.6) is 0 Å². The van der Waals surface area contributed by atoms with E-state index in [0.29, 0.717) is 31.7 Å². The summed E-state index contributed by atoms with van der Waals surface area (Å²) in [5.41, 5.74) is 6.98. The van der Waals surface area contributed by atoms with Crippen molar-refractivity contribution in [2.75, 3.05) is 26.2 Å². The molecule has 9 nitrogen and oxygen atoms in total. The summed E-state index contributed by atoms with van der Waals surface area (Å²) in [5.74, 6) is -1.61. The van der Waals surface area contributed by atoms with Gasteiger partial charge in [-0.25, -0.2) is 10.0 Å². The number of carbonyl (C=O) groups is 5. The van der Waals surface area contributed by atoms with Crippen LogP contribution >= 0.6 is 0 Å². The van der Waals surface area contributed by atoms with Crippen molar-refractivity contribution in [1.82, 2.24) is 15.3 Å². The maximum absolute atomic E-state index is 13.2. The Morgan fingerprint density at radius 2 is 1.54 bits per heavy atom. The van der Waals surface area contributed by atoms with Crippen molar-refractivity contribution in [3.8, 4) is 0 Å². The lowest BCUT2D eigenvalue weighted by atomic mass is 9.96. The number of nitrogens with zero attached hydrogens (tertiary/aromatic N) is 2. The van der Waals surface area contributed by atoms with Crippen LogP contribution in [0.15, 0.2) is 36.4 Å². The lowest BCUT2D eigenvalue weighted by Crippen LogP contribution is -2.40. The molecule has 180 valence electrons. The molecule has 2 aromatic carbocycles. The largest absolute Gasteiger partial charge is 0.330 e. The van der Waals surface area contributed by atoms with E-state index in [1.54, 1.807) is 5.01 Å². The van der Waals surface area contributed by atoms with Gasteiger partial charge >= 0.3 is 0 Å². The van der Waals surface area contributed by atoms with Crippen LogP contribution in [0, 0.1) is 5.92 Å². The fraction of sp³-hybridized carbons (Fsp3) is 0.346. The summed E-state index contributed by atoms with van der Waals surface area (Å²) in [6.07, 6.45) is 1.77. The molecule has 9 heteroatoms. The Morgan fingerprint density at radius 3 is 2.20 bits per heavy atom. The minimum absolute atomic E-state index is 0.188. The molecule has 2 aromatic rings. The van der Waals surface area contributed by atoms with Gasteiger partial charge in [-0.15, -0.1) is 0 Å². The smallest absolute Gasteiger partial charge is 0.276 e. The Balaban J connectivity index is 1.35. The van der Waals surface area contributed by atoms with E-state index in [4.69, 9.17) is 5.73 Å². The molecule has 2 heterocycles. The van der Waals surface area contributed by atoms with Gasteiger partial charge in [-0.1, -0.05) is 19.1 Å². The highest BCUT2D eigenvalue weighted by Gasteiger charge is 2.43. The highest BCUT2D eigenvalue weighted by molar-refractivity contribution is 6.30. The molecule has 2 amide bonds. The number of carbonyl (C=O) groups excluding carboxylic acids is 5. The first-order valence-corrected chi connectivity index (χ1v) is 11.8. The number of Topliss-reactive ketones (excluding diaryl/α,β-unsaturated/α-hetero) is 2. The van der Waals surface area contributed by atoms with Crippen LogP contribution in [0.2, 0.25) is 0 Å². The zero-order valence-corrected chi connectivity index (χ0v) is 19.4. The van der Waals surface area contributed by atoms with E-state index in [0.717, 1.165) is 17.9 Å². The Morgan fingerprint density at radius 1 is 0.943 bits per heavy atom. The van der Waals surface area contributed by atoms with Gasteiger partial charge in [0.2, 0.25) is 0 Å².